The van der Waals surface area contributed by atoms with Crippen molar-refractivity contribution in [1.29, 1.82) is 0 Å². The Kier molecular flexibility index (Phi) is 4.89. The van der Waals surface area contributed by atoms with E-state index in [-0.39, 0.29) is 11.7 Å². The van der Waals surface area contributed by atoms with E-state index in [4.69, 9.17) is 4.52 Å². The van der Waals surface area contributed by atoms with Crippen molar-refractivity contribution in [3.8, 4) is 0 Å². The lowest BCUT2D eigenvalue weighted by molar-refractivity contribution is -0.113. The fraction of sp³-hybridized carbons (Fsp3) is 0.143. The summed E-state index contributed by atoms with van der Waals surface area (Å²) in [4.78, 5) is 11.8. The third-order valence-corrected chi connectivity index (χ3v) is 4.62. The van der Waals surface area contributed by atoms with Gasteiger partial charge in [-0.2, -0.15) is 0 Å². The first kappa shape index (κ1) is 15.5. The number of para-hydroxylation sites is 1. The number of rotatable bonds is 6. The van der Waals surface area contributed by atoms with Gasteiger partial charge >= 0.3 is 0 Å². The molecule has 0 atom stereocenters. The first-order valence-electron chi connectivity index (χ1n) is 6.70. The summed E-state index contributed by atoms with van der Waals surface area (Å²) in [5.41, 5.74) is 1.66. The molecule has 3 aromatic rings. The molecule has 23 heavy (non-hydrogen) atoms. The van der Waals surface area contributed by atoms with Crippen molar-refractivity contribution < 1.29 is 9.32 Å². The molecule has 1 amide bonds. The Hall–Kier alpha value is -2.39. The molecule has 1 aromatic carbocycles. The highest BCUT2D eigenvalue weighted by Crippen LogP contribution is 2.27. The van der Waals surface area contributed by atoms with Crippen molar-refractivity contribution in [1.82, 2.24) is 15.4 Å². The molecule has 3 rings (SSSR count). The topological polar surface area (TPSA) is 92.9 Å². The van der Waals surface area contributed by atoms with Gasteiger partial charge in [0.2, 0.25) is 16.9 Å². The molecular formula is C14H13N5O2S2. The SMILES string of the molecule is Cc1cc(NC(=O)CSc2nnc(Nc3ccccc3)s2)on1. The fourth-order valence-corrected chi connectivity index (χ4v) is 3.26. The van der Waals surface area contributed by atoms with Gasteiger partial charge in [0.15, 0.2) is 4.34 Å². The second kappa shape index (κ2) is 7.25. The molecule has 0 saturated heterocycles. The first-order chi connectivity index (χ1) is 11.2. The van der Waals surface area contributed by atoms with Crippen LogP contribution < -0.4 is 10.6 Å². The average molecular weight is 347 g/mol. The predicted molar refractivity (Wildman–Crippen MR) is 90.2 cm³/mol. The lowest BCUT2D eigenvalue weighted by Gasteiger charge is -1.99. The van der Waals surface area contributed by atoms with Crippen molar-refractivity contribution in [2.24, 2.45) is 0 Å². The molecule has 0 aliphatic carbocycles. The molecule has 0 unspecified atom stereocenters. The Morgan fingerprint density at radius 3 is 2.87 bits per heavy atom. The standard InChI is InChI=1S/C14H13N5O2S2/c1-9-7-12(21-19-9)16-11(20)8-22-14-18-17-13(23-14)15-10-5-3-2-4-6-10/h2-7H,8H2,1H3,(H,15,17)(H,16,20). The molecule has 0 saturated carbocycles. The van der Waals surface area contributed by atoms with Gasteiger partial charge in [-0.05, 0) is 19.1 Å². The monoisotopic (exact) mass is 347 g/mol. The van der Waals surface area contributed by atoms with Crippen LogP contribution in [-0.2, 0) is 4.79 Å². The molecule has 2 aromatic heterocycles. The van der Waals surface area contributed by atoms with Crippen LogP contribution in [0.2, 0.25) is 0 Å². The summed E-state index contributed by atoms with van der Waals surface area (Å²) in [6.45, 7) is 1.79. The van der Waals surface area contributed by atoms with Crippen molar-refractivity contribution in [3.05, 3.63) is 42.1 Å². The molecule has 7 nitrogen and oxygen atoms in total. The van der Waals surface area contributed by atoms with E-state index in [1.54, 1.807) is 13.0 Å². The highest BCUT2D eigenvalue weighted by Gasteiger charge is 2.10. The van der Waals surface area contributed by atoms with E-state index < -0.39 is 0 Å². The summed E-state index contributed by atoms with van der Waals surface area (Å²) in [6, 6.07) is 11.4. The number of aryl methyl sites for hydroxylation is 1. The summed E-state index contributed by atoms with van der Waals surface area (Å²) in [5, 5.41) is 18.3. The summed E-state index contributed by atoms with van der Waals surface area (Å²) in [5.74, 6) is 0.385. The Bertz CT molecular complexity index is 787. The maximum absolute atomic E-state index is 11.8. The Labute approximate surface area is 140 Å². The number of carbonyl (C=O) groups is 1. The zero-order valence-corrected chi connectivity index (χ0v) is 13.8. The van der Waals surface area contributed by atoms with Crippen LogP contribution in [0, 0.1) is 6.92 Å². The Balaban J connectivity index is 1.50. The molecule has 0 bridgehead atoms. The molecule has 0 aliphatic rings. The maximum Gasteiger partial charge on any atom is 0.237 e. The average Bonchev–Trinajstić information content (AvgIpc) is 3.15. The third kappa shape index (κ3) is 4.54. The van der Waals surface area contributed by atoms with Crippen molar-refractivity contribution >= 4 is 45.7 Å². The second-order valence-electron chi connectivity index (χ2n) is 4.53. The largest absolute Gasteiger partial charge is 0.338 e. The molecule has 2 heterocycles. The summed E-state index contributed by atoms with van der Waals surface area (Å²) >= 11 is 2.71. The maximum atomic E-state index is 11.8. The van der Waals surface area contributed by atoms with E-state index in [0.717, 1.165) is 5.69 Å². The molecule has 0 spiro atoms. The van der Waals surface area contributed by atoms with Crippen molar-refractivity contribution in [3.63, 3.8) is 0 Å². The highest BCUT2D eigenvalue weighted by atomic mass is 32.2. The van der Waals surface area contributed by atoms with E-state index in [1.165, 1.54) is 23.1 Å². The second-order valence-corrected chi connectivity index (χ2v) is 6.73. The number of amides is 1. The van der Waals surface area contributed by atoms with Gasteiger partial charge in [-0.3, -0.25) is 10.1 Å². The zero-order valence-electron chi connectivity index (χ0n) is 12.1. The van der Waals surface area contributed by atoms with Gasteiger partial charge in [-0.1, -0.05) is 46.5 Å². The zero-order chi connectivity index (χ0) is 16.1. The lowest BCUT2D eigenvalue weighted by Crippen LogP contribution is -2.13. The van der Waals surface area contributed by atoms with Gasteiger partial charge in [0.05, 0.1) is 11.4 Å². The Morgan fingerprint density at radius 2 is 2.13 bits per heavy atom. The fourth-order valence-electron chi connectivity index (χ4n) is 1.69. The van der Waals surface area contributed by atoms with Crippen molar-refractivity contribution in [2.75, 3.05) is 16.4 Å². The van der Waals surface area contributed by atoms with Crippen LogP contribution in [0.15, 0.2) is 45.3 Å². The smallest absolute Gasteiger partial charge is 0.237 e. The number of aromatic nitrogens is 3. The van der Waals surface area contributed by atoms with Crippen LogP contribution in [0.3, 0.4) is 0 Å². The van der Waals surface area contributed by atoms with E-state index in [1.807, 2.05) is 30.3 Å². The normalized spacial score (nSPS) is 10.5. The van der Waals surface area contributed by atoms with E-state index in [9.17, 15) is 4.79 Å². The Morgan fingerprint density at radius 1 is 1.30 bits per heavy atom. The van der Waals surface area contributed by atoms with Gasteiger partial charge in [-0.15, -0.1) is 10.2 Å². The van der Waals surface area contributed by atoms with Crippen LogP contribution in [0.25, 0.3) is 0 Å². The lowest BCUT2D eigenvalue weighted by atomic mass is 10.3. The summed E-state index contributed by atoms with van der Waals surface area (Å²) in [7, 11) is 0. The predicted octanol–water partition coefficient (Wildman–Crippen LogP) is 3.31. The quantitative estimate of drug-likeness (QED) is 0.661. The number of hydrogen-bond acceptors (Lipinski definition) is 8. The van der Waals surface area contributed by atoms with Gasteiger partial charge in [0.25, 0.3) is 0 Å². The summed E-state index contributed by atoms with van der Waals surface area (Å²) < 4.78 is 5.65. The summed E-state index contributed by atoms with van der Waals surface area (Å²) in [6.07, 6.45) is 0. The number of nitrogens with one attached hydrogen (secondary N) is 2. The van der Waals surface area contributed by atoms with E-state index >= 15 is 0 Å². The molecule has 0 aliphatic heterocycles. The molecule has 0 radical (unpaired) electrons. The van der Waals surface area contributed by atoms with Crippen LogP contribution in [-0.4, -0.2) is 27.0 Å². The molecule has 2 N–H and O–H groups in total. The van der Waals surface area contributed by atoms with Gasteiger partial charge < -0.3 is 9.84 Å². The molecule has 9 heteroatoms. The van der Waals surface area contributed by atoms with Gasteiger partial charge in [0.1, 0.15) is 0 Å². The number of thioether (sulfide) groups is 1. The minimum Gasteiger partial charge on any atom is -0.338 e. The van der Waals surface area contributed by atoms with Crippen LogP contribution in [0.1, 0.15) is 5.69 Å². The van der Waals surface area contributed by atoms with Crippen molar-refractivity contribution in [2.45, 2.75) is 11.3 Å². The number of hydrogen-bond donors (Lipinski definition) is 2. The van der Waals surface area contributed by atoms with Crippen LogP contribution in [0.5, 0.6) is 0 Å². The number of benzene rings is 1. The van der Waals surface area contributed by atoms with E-state index in [2.05, 4.69) is 26.0 Å². The minimum absolute atomic E-state index is 0.182. The van der Waals surface area contributed by atoms with Gasteiger partial charge in [0, 0.05) is 11.8 Å². The van der Waals surface area contributed by atoms with Crippen LogP contribution >= 0.6 is 23.1 Å². The number of nitrogens with zero attached hydrogens (tertiary/aromatic N) is 3. The minimum atomic E-state index is -0.182. The molecular weight excluding hydrogens is 334 g/mol. The highest BCUT2D eigenvalue weighted by molar-refractivity contribution is 8.01. The number of anilines is 3. The third-order valence-electron chi connectivity index (χ3n) is 2.65. The van der Waals surface area contributed by atoms with E-state index in [0.29, 0.717) is 21.0 Å². The number of carbonyl (C=O) groups excluding carboxylic acids is 1. The van der Waals surface area contributed by atoms with Gasteiger partial charge in [-0.25, -0.2) is 0 Å². The molecule has 118 valence electrons. The first-order valence-corrected chi connectivity index (χ1v) is 8.51. The molecule has 0 fully saturated rings. The van der Waals surface area contributed by atoms with Crippen LogP contribution in [0.4, 0.5) is 16.7 Å².